The number of hydrogen-bond acceptors (Lipinski definition) is 8. The summed E-state index contributed by atoms with van der Waals surface area (Å²) in [5.74, 6) is 0.551. The fraction of sp³-hybridized carbons (Fsp3) is 0.622. The van der Waals surface area contributed by atoms with Gasteiger partial charge in [-0.2, -0.15) is 0 Å². The van der Waals surface area contributed by atoms with E-state index in [9.17, 15) is 14.4 Å². The lowest BCUT2D eigenvalue weighted by molar-refractivity contribution is -0.145. The Morgan fingerprint density at radius 2 is 1.55 bits per heavy atom. The van der Waals surface area contributed by atoms with Crippen LogP contribution in [0.1, 0.15) is 117 Å². The Labute approximate surface area is 324 Å². The van der Waals surface area contributed by atoms with Crippen molar-refractivity contribution in [2.75, 3.05) is 64.9 Å². The summed E-state index contributed by atoms with van der Waals surface area (Å²) in [4.78, 5) is 37.3. The van der Waals surface area contributed by atoms with Crippen molar-refractivity contribution in [3.8, 4) is 0 Å². The number of carbonyl (C=O) groups is 3. The summed E-state index contributed by atoms with van der Waals surface area (Å²) < 4.78 is 10.2. The minimum atomic E-state index is -0.700. The number of hydrogen-bond donors (Lipinski definition) is 1. The molecule has 0 amide bonds. The third kappa shape index (κ3) is 19.6. The molecule has 0 aliphatic carbocycles. The summed E-state index contributed by atoms with van der Waals surface area (Å²) in [6.07, 6.45) is 17.2. The first kappa shape index (κ1) is 49.8. The molecule has 3 aliphatic heterocycles. The van der Waals surface area contributed by atoms with E-state index in [1.807, 2.05) is 59.0 Å². The Morgan fingerprint density at radius 1 is 0.906 bits per heavy atom. The molecule has 53 heavy (non-hydrogen) atoms. The summed E-state index contributed by atoms with van der Waals surface area (Å²) in [7, 11) is 3.62. The zero-order valence-electron chi connectivity index (χ0n) is 35.2. The SMILES string of the molecule is C=C(/C(C)=C/C=C/C(C)=C(C)C)C1CCN(c2ccc(C=O)cc2)CC1.CC.CC.CNCCN1CCCC(C=O)(C=O)CC1.COC1CCCCO1. The van der Waals surface area contributed by atoms with Crippen molar-refractivity contribution >= 4 is 24.5 Å². The number of benzene rings is 1. The second-order valence-corrected chi connectivity index (χ2v) is 13.7. The van der Waals surface area contributed by atoms with Crippen LogP contribution in [-0.2, 0) is 19.1 Å². The van der Waals surface area contributed by atoms with Crippen LogP contribution < -0.4 is 10.2 Å². The van der Waals surface area contributed by atoms with Crippen molar-refractivity contribution in [2.24, 2.45) is 11.3 Å². The number of nitrogens with one attached hydrogen (secondary N) is 1. The van der Waals surface area contributed by atoms with Gasteiger partial charge in [-0.15, -0.1) is 0 Å². The van der Waals surface area contributed by atoms with E-state index in [4.69, 9.17) is 9.47 Å². The molecule has 1 aromatic rings. The molecule has 4 rings (SSSR count). The predicted molar refractivity (Wildman–Crippen MR) is 225 cm³/mol. The number of methoxy groups -OCH3 is 1. The highest BCUT2D eigenvalue weighted by Crippen LogP contribution is 2.31. The molecule has 1 aromatic carbocycles. The molecule has 0 radical (unpaired) electrons. The topological polar surface area (TPSA) is 88.2 Å². The van der Waals surface area contributed by atoms with E-state index in [1.165, 1.54) is 40.8 Å². The largest absolute Gasteiger partial charge is 0.371 e. The fourth-order valence-electron chi connectivity index (χ4n) is 6.07. The molecule has 3 aliphatic rings. The van der Waals surface area contributed by atoms with Gasteiger partial charge in [0, 0.05) is 51.1 Å². The molecule has 3 heterocycles. The van der Waals surface area contributed by atoms with Gasteiger partial charge in [-0.05, 0) is 141 Å². The van der Waals surface area contributed by atoms with Crippen molar-refractivity contribution in [3.63, 3.8) is 0 Å². The molecule has 1 N–H and O–H groups in total. The summed E-state index contributed by atoms with van der Waals surface area (Å²) in [5.41, 5.74) is 6.43. The highest BCUT2D eigenvalue weighted by Gasteiger charge is 2.31. The molecule has 1 atom stereocenters. The second-order valence-electron chi connectivity index (χ2n) is 13.7. The second kappa shape index (κ2) is 30.2. The van der Waals surface area contributed by atoms with Crippen LogP contribution in [0.2, 0.25) is 0 Å². The smallest absolute Gasteiger partial charge is 0.157 e. The highest BCUT2D eigenvalue weighted by atomic mass is 16.7. The van der Waals surface area contributed by atoms with Crippen LogP contribution in [0, 0.1) is 11.3 Å². The number of allylic oxidation sites excluding steroid dienone is 7. The molecule has 0 aromatic heterocycles. The molecule has 3 fully saturated rings. The van der Waals surface area contributed by atoms with Crippen LogP contribution in [0.5, 0.6) is 0 Å². The molecule has 8 nitrogen and oxygen atoms in total. The number of likely N-dealkylation sites (tertiary alicyclic amines) is 1. The van der Waals surface area contributed by atoms with Crippen LogP contribution in [0.25, 0.3) is 0 Å². The Kier molecular flexibility index (Phi) is 28.4. The van der Waals surface area contributed by atoms with E-state index >= 15 is 0 Å². The standard InChI is InChI=1S/C24H31NO.C11H20N2O2.C6H12O2.2C2H6/c1-18(2)19(3)7-6-8-20(4)21(5)23-13-15-25(16-14-23)24-11-9-22(17-26)10-12-24;1-12-5-8-13-6-2-3-11(9-14,10-15)4-7-13;1-7-6-4-2-3-5-8-6;2*1-2/h6-12,17,23H,5,13-16H2,1-4H3;9-10,12H,2-8H2,1H3;6H,2-5H2,1H3;2*1-2H3/b7-6+,20-8+;;;;. The van der Waals surface area contributed by atoms with Crippen molar-refractivity contribution in [1.82, 2.24) is 10.2 Å². The minimum absolute atomic E-state index is 0.0868. The Balaban J connectivity index is 0.000000838. The molecular formula is C45H75N3O5. The minimum Gasteiger partial charge on any atom is -0.371 e. The molecule has 0 spiro atoms. The number of nitrogens with zero attached hydrogens (tertiary/aromatic N) is 2. The first-order chi connectivity index (χ1) is 25.6. The maximum Gasteiger partial charge on any atom is 0.157 e. The number of anilines is 1. The van der Waals surface area contributed by atoms with Crippen molar-refractivity contribution in [1.29, 1.82) is 0 Å². The van der Waals surface area contributed by atoms with Gasteiger partial charge in [0.1, 0.15) is 18.9 Å². The monoisotopic (exact) mass is 738 g/mol. The zero-order chi connectivity index (χ0) is 40.1. The van der Waals surface area contributed by atoms with E-state index < -0.39 is 5.41 Å². The van der Waals surface area contributed by atoms with Crippen LogP contribution >= 0.6 is 0 Å². The number of ether oxygens (including phenoxy) is 2. The van der Waals surface area contributed by atoms with Gasteiger partial charge >= 0.3 is 0 Å². The van der Waals surface area contributed by atoms with Crippen LogP contribution in [0.15, 0.2) is 71.4 Å². The number of piperidine rings is 1. The van der Waals surface area contributed by atoms with E-state index in [2.05, 4.69) is 67.6 Å². The first-order valence-corrected chi connectivity index (χ1v) is 20.0. The molecular weight excluding hydrogens is 663 g/mol. The first-order valence-electron chi connectivity index (χ1n) is 20.0. The normalized spacial score (nSPS) is 18.9. The molecule has 0 bridgehead atoms. The number of rotatable bonds is 12. The van der Waals surface area contributed by atoms with E-state index in [0.29, 0.717) is 18.8 Å². The quantitative estimate of drug-likeness (QED) is 0.129. The number of aldehydes is 3. The third-order valence-corrected chi connectivity index (χ3v) is 9.93. The lowest BCUT2D eigenvalue weighted by Crippen LogP contribution is -2.34. The van der Waals surface area contributed by atoms with Gasteiger partial charge in [-0.3, -0.25) is 4.79 Å². The van der Waals surface area contributed by atoms with Gasteiger partial charge in [0.05, 0.1) is 5.41 Å². The fourth-order valence-corrected chi connectivity index (χ4v) is 6.07. The molecule has 8 heteroatoms. The number of carbonyl (C=O) groups excluding carboxylic acids is 3. The maximum atomic E-state index is 10.9. The van der Waals surface area contributed by atoms with Crippen LogP contribution in [0.3, 0.4) is 0 Å². The summed E-state index contributed by atoms with van der Waals surface area (Å²) >= 11 is 0. The average molecular weight is 738 g/mol. The van der Waals surface area contributed by atoms with Crippen molar-refractivity contribution in [2.45, 2.75) is 113 Å². The van der Waals surface area contributed by atoms with E-state index in [0.717, 1.165) is 96.0 Å². The molecule has 3 saturated heterocycles. The molecule has 300 valence electrons. The van der Waals surface area contributed by atoms with Gasteiger partial charge in [0.15, 0.2) is 6.29 Å². The van der Waals surface area contributed by atoms with Gasteiger partial charge < -0.3 is 34.2 Å². The Bertz CT molecular complexity index is 1230. The lowest BCUT2D eigenvalue weighted by atomic mass is 9.84. The Morgan fingerprint density at radius 3 is 2.04 bits per heavy atom. The van der Waals surface area contributed by atoms with E-state index in [1.54, 1.807) is 7.11 Å². The highest BCUT2D eigenvalue weighted by molar-refractivity contribution is 5.83. The van der Waals surface area contributed by atoms with Crippen molar-refractivity contribution < 1.29 is 23.9 Å². The maximum absolute atomic E-state index is 10.9. The molecule has 0 saturated carbocycles. The third-order valence-electron chi connectivity index (χ3n) is 9.93. The summed E-state index contributed by atoms with van der Waals surface area (Å²) in [5, 5.41) is 3.10. The zero-order valence-corrected chi connectivity index (χ0v) is 35.2. The van der Waals surface area contributed by atoms with Crippen LogP contribution in [-0.4, -0.2) is 90.1 Å². The Hall–Kier alpha value is -3.17. The predicted octanol–water partition coefficient (Wildman–Crippen LogP) is 9.42. The van der Waals surface area contributed by atoms with Gasteiger partial charge in [0.25, 0.3) is 0 Å². The average Bonchev–Trinajstić information content (AvgIpc) is 3.44. The van der Waals surface area contributed by atoms with Gasteiger partial charge in [-0.25, -0.2) is 0 Å². The summed E-state index contributed by atoms with van der Waals surface area (Å²) in [6.45, 7) is 27.6. The molecule has 1 unspecified atom stereocenters. The number of likely N-dealkylation sites (N-methyl/N-ethyl adjacent to an activating group) is 1. The van der Waals surface area contributed by atoms with E-state index in [-0.39, 0.29) is 6.29 Å². The van der Waals surface area contributed by atoms with Gasteiger partial charge in [0.2, 0.25) is 0 Å². The summed E-state index contributed by atoms with van der Waals surface area (Å²) in [6, 6.07) is 7.86. The van der Waals surface area contributed by atoms with Crippen molar-refractivity contribution in [3.05, 3.63) is 76.9 Å². The van der Waals surface area contributed by atoms with Crippen LogP contribution in [0.4, 0.5) is 5.69 Å². The van der Waals surface area contributed by atoms with Gasteiger partial charge in [-0.1, -0.05) is 63.6 Å². The lowest BCUT2D eigenvalue weighted by Gasteiger charge is -2.34.